The Hall–Kier alpha value is -1.29. The highest BCUT2D eigenvalue weighted by Crippen LogP contribution is 2.29. The minimum absolute atomic E-state index is 0.565. The monoisotopic (exact) mass is 233 g/mol. The van der Waals surface area contributed by atoms with E-state index >= 15 is 0 Å². The molecular formula is C12H15N3S. The van der Waals surface area contributed by atoms with E-state index in [4.69, 9.17) is 5.73 Å². The Kier molecular flexibility index (Phi) is 3.29. The lowest BCUT2D eigenvalue weighted by molar-refractivity contribution is 0.901. The number of fused-ring (bicyclic) bond motifs is 1. The van der Waals surface area contributed by atoms with E-state index in [0.29, 0.717) is 5.25 Å². The maximum absolute atomic E-state index is 5.73. The second kappa shape index (κ2) is 4.70. The lowest BCUT2D eigenvalue weighted by Gasteiger charge is -2.09. The summed E-state index contributed by atoms with van der Waals surface area (Å²) in [5.41, 5.74) is 7.39. The number of nitrogens with two attached hydrogens (primary N) is 1. The molecule has 0 saturated carbocycles. The molecule has 0 amide bonds. The van der Waals surface area contributed by atoms with Crippen LogP contribution >= 0.6 is 11.8 Å². The highest BCUT2D eigenvalue weighted by Gasteiger charge is 2.08. The molecule has 1 unspecified atom stereocenters. The van der Waals surface area contributed by atoms with E-state index in [1.54, 1.807) is 18.1 Å². The van der Waals surface area contributed by atoms with Crippen molar-refractivity contribution in [2.45, 2.75) is 30.5 Å². The summed E-state index contributed by atoms with van der Waals surface area (Å²) in [6.45, 7) is 4.38. The fourth-order valence-corrected chi connectivity index (χ4v) is 2.37. The summed E-state index contributed by atoms with van der Waals surface area (Å²) in [7, 11) is 0. The Labute approximate surface area is 99.5 Å². The van der Waals surface area contributed by atoms with Crippen LogP contribution in [0.4, 0.5) is 5.69 Å². The first-order valence-electron chi connectivity index (χ1n) is 5.37. The van der Waals surface area contributed by atoms with Gasteiger partial charge < -0.3 is 5.73 Å². The van der Waals surface area contributed by atoms with Gasteiger partial charge in [-0.15, -0.1) is 11.8 Å². The molecule has 1 heterocycles. The van der Waals surface area contributed by atoms with Gasteiger partial charge in [-0.1, -0.05) is 13.8 Å². The predicted molar refractivity (Wildman–Crippen MR) is 69.6 cm³/mol. The van der Waals surface area contributed by atoms with Crippen LogP contribution in [0.5, 0.6) is 0 Å². The molecule has 1 aromatic heterocycles. The van der Waals surface area contributed by atoms with Crippen LogP contribution in [0.15, 0.2) is 29.6 Å². The number of nitrogen functional groups attached to an aromatic ring is 1. The average molecular weight is 233 g/mol. The molecule has 0 saturated heterocycles. The van der Waals surface area contributed by atoms with Gasteiger partial charge in [0, 0.05) is 16.3 Å². The average Bonchev–Trinajstić information content (AvgIpc) is 2.28. The van der Waals surface area contributed by atoms with Crippen molar-refractivity contribution in [1.29, 1.82) is 0 Å². The fraction of sp³-hybridized carbons (Fsp3) is 0.333. The standard InChI is InChI=1S/C12H15N3S/c1-3-8(2)16-12-10-5-4-9(13)6-11(10)14-7-15-12/h4-8H,3,13H2,1-2H3. The van der Waals surface area contributed by atoms with Gasteiger partial charge in [0.05, 0.1) is 5.52 Å². The number of rotatable bonds is 3. The molecule has 1 aromatic carbocycles. The first-order valence-corrected chi connectivity index (χ1v) is 6.25. The summed E-state index contributed by atoms with van der Waals surface area (Å²) in [5, 5.41) is 2.69. The smallest absolute Gasteiger partial charge is 0.117 e. The van der Waals surface area contributed by atoms with Crippen molar-refractivity contribution in [3.8, 4) is 0 Å². The second-order valence-corrected chi connectivity index (χ2v) is 5.22. The van der Waals surface area contributed by atoms with E-state index in [-0.39, 0.29) is 0 Å². The van der Waals surface area contributed by atoms with Gasteiger partial charge in [0.15, 0.2) is 0 Å². The van der Waals surface area contributed by atoms with Gasteiger partial charge in [0.1, 0.15) is 11.4 Å². The zero-order valence-electron chi connectivity index (χ0n) is 9.47. The molecule has 0 spiro atoms. The largest absolute Gasteiger partial charge is 0.399 e. The zero-order chi connectivity index (χ0) is 11.5. The minimum Gasteiger partial charge on any atom is -0.399 e. The van der Waals surface area contributed by atoms with E-state index < -0.39 is 0 Å². The summed E-state index contributed by atoms with van der Waals surface area (Å²) in [4.78, 5) is 8.57. The Morgan fingerprint density at radius 2 is 2.19 bits per heavy atom. The van der Waals surface area contributed by atoms with E-state index in [9.17, 15) is 0 Å². The topological polar surface area (TPSA) is 51.8 Å². The minimum atomic E-state index is 0.565. The number of hydrogen-bond acceptors (Lipinski definition) is 4. The van der Waals surface area contributed by atoms with Crippen molar-refractivity contribution in [1.82, 2.24) is 9.97 Å². The first-order chi connectivity index (χ1) is 7.70. The maximum atomic E-state index is 5.73. The van der Waals surface area contributed by atoms with E-state index in [0.717, 1.165) is 28.0 Å². The lowest BCUT2D eigenvalue weighted by Crippen LogP contribution is -1.95. The van der Waals surface area contributed by atoms with Gasteiger partial charge in [-0.25, -0.2) is 9.97 Å². The summed E-state index contributed by atoms with van der Waals surface area (Å²) in [6, 6.07) is 5.78. The third-order valence-corrected chi connectivity index (χ3v) is 3.80. The van der Waals surface area contributed by atoms with Gasteiger partial charge in [-0.05, 0) is 24.6 Å². The number of aromatic nitrogens is 2. The molecule has 2 aromatic rings. The fourth-order valence-electron chi connectivity index (χ4n) is 1.42. The number of hydrogen-bond donors (Lipinski definition) is 1. The van der Waals surface area contributed by atoms with Crippen molar-refractivity contribution in [2.75, 3.05) is 5.73 Å². The van der Waals surface area contributed by atoms with Crippen LogP contribution in [-0.2, 0) is 0 Å². The molecule has 1 atom stereocenters. The molecule has 0 fully saturated rings. The van der Waals surface area contributed by atoms with Crippen LogP contribution in [0.1, 0.15) is 20.3 Å². The summed E-state index contributed by atoms with van der Waals surface area (Å²) in [5.74, 6) is 0. The normalized spacial score (nSPS) is 12.9. The van der Waals surface area contributed by atoms with Gasteiger partial charge in [0.25, 0.3) is 0 Å². The molecule has 2 rings (SSSR count). The molecule has 4 heteroatoms. The Bertz CT molecular complexity index is 499. The SMILES string of the molecule is CCC(C)Sc1ncnc2cc(N)ccc12. The van der Waals surface area contributed by atoms with Gasteiger partial charge in [0.2, 0.25) is 0 Å². The van der Waals surface area contributed by atoms with E-state index in [1.807, 2.05) is 18.2 Å². The Morgan fingerprint density at radius 1 is 1.38 bits per heavy atom. The summed E-state index contributed by atoms with van der Waals surface area (Å²) in [6.07, 6.45) is 2.73. The molecule has 3 nitrogen and oxygen atoms in total. The predicted octanol–water partition coefficient (Wildman–Crippen LogP) is 3.10. The van der Waals surface area contributed by atoms with Crippen molar-refractivity contribution >= 4 is 28.4 Å². The number of anilines is 1. The summed E-state index contributed by atoms with van der Waals surface area (Å²) >= 11 is 1.79. The number of nitrogens with zero attached hydrogens (tertiary/aromatic N) is 2. The van der Waals surface area contributed by atoms with Crippen LogP contribution in [-0.4, -0.2) is 15.2 Å². The summed E-state index contributed by atoms with van der Waals surface area (Å²) < 4.78 is 0. The number of benzene rings is 1. The van der Waals surface area contributed by atoms with Crippen LogP contribution in [0.2, 0.25) is 0 Å². The lowest BCUT2D eigenvalue weighted by atomic mass is 10.2. The van der Waals surface area contributed by atoms with Crippen LogP contribution < -0.4 is 5.73 Å². The van der Waals surface area contributed by atoms with Gasteiger partial charge in [-0.2, -0.15) is 0 Å². The molecule has 0 bridgehead atoms. The van der Waals surface area contributed by atoms with Crippen molar-refractivity contribution < 1.29 is 0 Å². The third-order valence-electron chi connectivity index (χ3n) is 2.51. The van der Waals surface area contributed by atoms with E-state index in [2.05, 4.69) is 23.8 Å². The van der Waals surface area contributed by atoms with Crippen LogP contribution in [0.25, 0.3) is 10.9 Å². The second-order valence-electron chi connectivity index (χ2n) is 3.79. The zero-order valence-corrected chi connectivity index (χ0v) is 10.3. The van der Waals surface area contributed by atoms with Crippen molar-refractivity contribution in [2.24, 2.45) is 0 Å². The van der Waals surface area contributed by atoms with E-state index in [1.165, 1.54) is 0 Å². The Balaban J connectivity index is 2.45. The Morgan fingerprint density at radius 3 is 2.94 bits per heavy atom. The molecule has 0 aliphatic heterocycles. The highest BCUT2D eigenvalue weighted by atomic mass is 32.2. The molecule has 0 aliphatic carbocycles. The van der Waals surface area contributed by atoms with Crippen LogP contribution in [0.3, 0.4) is 0 Å². The molecule has 0 aliphatic rings. The van der Waals surface area contributed by atoms with Gasteiger partial charge in [-0.3, -0.25) is 0 Å². The van der Waals surface area contributed by atoms with Crippen molar-refractivity contribution in [3.05, 3.63) is 24.5 Å². The number of thioether (sulfide) groups is 1. The molecule has 84 valence electrons. The quantitative estimate of drug-likeness (QED) is 0.503. The first kappa shape index (κ1) is 11.2. The molecule has 2 N–H and O–H groups in total. The van der Waals surface area contributed by atoms with Crippen LogP contribution in [0, 0.1) is 0 Å². The molecule has 16 heavy (non-hydrogen) atoms. The van der Waals surface area contributed by atoms with Crippen molar-refractivity contribution in [3.63, 3.8) is 0 Å². The third kappa shape index (κ3) is 2.27. The maximum Gasteiger partial charge on any atom is 0.117 e. The van der Waals surface area contributed by atoms with Gasteiger partial charge >= 0.3 is 0 Å². The molecule has 0 radical (unpaired) electrons. The highest BCUT2D eigenvalue weighted by molar-refractivity contribution is 8.00. The molecular weight excluding hydrogens is 218 g/mol.